The standard InChI is InChI=1S/C29H32N6O3/c1-18-16-22-25(32(4)29(38)30-22)17-24(18)35-27(36)20-7-5-6-19-23(9-8-21(26(19)20)28(35)37)34-14-12-33(13-15-34)11-10-31(2)3/h5-9,16-17H,10-15H2,1-4H3,(H,30,38). The maximum atomic E-state index is 13.9. The minimum atomic E-state index is -0.346. The van der Waals surface area contributed by atoms with Crippen LogP contribution < -0.4 is 15.5 Å². The summed E-state index contributed by atoms with van der Waals surface area (Å²) in [5.41, 5.74) is 4.39. The number of hydrogen-bond acceptors (Lipinski definition) is 6. The second-order valence-electron chi connectivity index (χ2n) is 10.6. The van der Waals surface area contributed by atoms with Gasteiger partial charge in [0, 0.05) is 73.9 Å². The summed E-state index contributed by atoms with van der Waals surface area (Å²) in [4.78, 5) is 51.0. The number of benzene rings is 3. The molecular formula is C29H32N6O3. The van der Waals surface area contributed by atoms with Gasteiger partial charge in [0.15, 0.2) is 0 Å². The fraction of sp³-hybridized carbons (Fsp3) is 0.345. The fourth-order valence-corrected chi connectivity index (χ4v) is 5.74. The van der Waals surface area contributed by atoms with E-state index in [1.165, 1.54) is 9.47 Å². The second-order valence-corrected chi connectivity index (χ2v) is 10.6. The molecule has 0 radical (unpaired) electrons. The Kier molecular flexibility index (Phi) is 5.85. The number of H-pyrrole nitrogens is 1. The van der Waals surface area contributed by atoms with Gasteiger partial charge < -0.3 is 14.8 Å². The highest BCUT2D eigenvalue weighted by Crippen LogP contribution is 2.39. The first-order valence-corrected chi connectivity index (χ1v) is 13.0. The number of carbonyl (C=O) groups is 2. The number of aryl methyl sites for hydroxylation is 2. The average Bonchev–Trinajstić information content (AvgIpc) is 3.18. The van der Waals surface area contributed by atoms with Gasteiger partial charge in [0.2, 0.25) is 0 Å². The topological polar surface area (TPSA) is 84.9 Å². The number of likely N-dealkylation sites (N-methyl/N-ethyl adjacent to an activating group) is 1. The van der Waals surface area contributed by atoms with Crippen molar-refractivity contribution in [2.45, 2.75) is 6.92 Å². The number of imidazole rings is 1. The van der Waals surface area contributed by atoms with E-state index in [0.29, 0.717) is 27.8 Å². The molecule has 1 saturated heterocycles. The molecule has 1 fully saturated rings. The molecule has 38 heavy (non-hydrogen) atoms. The van der Waals surface area contributed by atoms with Crippen LogP contribution in [0.2, 0.25) is 0 Å². The minimum absolute atomic E-state index is 0.242. The Morgan fingerprint density at radius 3 is 2.32 bits per heavy atom. The van der Waals surface area contributed by atoms with Crippen LogP contribution in [-0.4, -0.2) is 84.5 Å². The third kappa shape index (κ3) is 3.81. The van der Waals surface area contributed by atoms with Crippen LogP contribution in [0.5, 0.6) is 0 Å². The van der Waals surface area contributed by atoms with Gasteiger partial charge in [-0.2, -0.15) is 0 Å². The molecular weight excluding hydrogens is 480 g/mol. The molecule has 1 N–H and O–H groups in total. The van der Waals surface area contributed by atoms with Crippen LogP contribution >= 0.6 is 0 Å². The summed E-state index contributed by atoms with van der Waals surface area (Å²) in [5.74, 6) is -0.691. The Balaban J connectivity index is 1.37. The molecule has 0 atom stereocenters. The smallest absolute Gasteiger partial charge is 0.326 e. The molecule has 0 bridgehead atoms. The lowest BCUT2D eigenvalue weighted by Gasteiger charge is -2.37. The van der Waals surface area contributed by atoms with E-state index in [1.54, 1.807) is 19.2 Å². The normalized spacial score (nSPS) is 16.4. The first kappa shape index (κ1) is 24.4. The van der Waals surface area contributed by atoms with Gasteiger partial charge >= 0.3 is 5.69 Å². The van der Waals surface area contributed by atoms with Crippen LogP contribution in [0, 0.1) is 6.92 Å². The summed E-state index contributed by atoms with van der Waals surface area (Å²) in [5, 5.41) is 1.65. The molecule has 6 rings (SSSR count). The molecule has 1 aromatic heterocycles. The molecule has 2 amide bonds. The minimum Gasteiger partial charge on any atom is -0.368 e. The van der Waals surface area contributed by atoms with E-state index in [1.807, 2.05) is 37.3 Å². The van der Waals surface area contributed by atoms with Crippen molar-refractivity contribution >= 4 is 45.0 Å². The van der Waals surface area contributed by atoms with E-state index in [2.05, 4.69) is 33.8 Å². The Bertz CT molecular complexity index is 1640. The monoisotopic (exact) mass is 512 g/mol. The molecule has 0 unspecified atom stereocenters. The van der Waals surface area contributed by atoms with Crippen LogP contribution in [-0.2, 0) is 7.05 Å². The van der Waals surface area contributed by atoms with Crippen molar-refractivity contribution in [1.29, 1.82) is 0 Å². The number of aromatic nitrogens is 2. The maximum Gasteiger partial charge on any atom is 0.326 e. The van der Waals surface area contributed by atoms with Crippen molar-refractivity contribution in [2.24, 2.45) is 7.05 Å². The zero-order chi connectivity index (χ0) is 26.7. The fourth-order valence-electron chi connectivity index (χ4n) is 5.74. The zero-order valence-corrected chi connectivity index (χ0v) is 22.2. The highest BCUT2D eigenvalue weighted by molar-refractivity contribution is 6.36. The lowest BCUT2D eigenvalue weighted by atomic mass is 9.92. The Morgan fingerprint density at radius 1 is 0.895 bits per heavy atom. The van der Waals surface area contributed by atoms with Crippen LogP contribution in [0.15, 0.2) is 47.3 Å². The van der Waals surface area contributed by atoms with E-state index in [-0.39, 0.29) is 17.5 Å². The number of aromatic amines is 1. The molecule has 0 spiro atoms. The van der Waals surface area contributed by atoms with Crippen molar-refractivity contribution in [3.63, 3.8) is 0 Å². The summed E-state index contributed by atoms with van der Waals surface area (Å²) in [6, 6.07) is 13.2. The number of carbonyl (C=O) groups excluding carboxylic acids is 2. The molecule has 3 aromatic carbocycles. The number of nitrogens with one attached hydrogen (secondary N) is 1. The van der Waals surface area contributed by atoms with E-state index in [4.69, 9.17) is 0 Å². The van der Waals surface area contributed by atoms with Crippen molar-refractivity contribution in [1.82, 2.24) is 19.4 Å². The summed E-state index contributed by atoms with van der Waals surface area (Å²) in [6.07, 6.45) is 0. The maximum absolute atomic E-state index is 13.9. The van der Waals surface area contributed by atoms with Crippen LogP contribution in [0.3, 0.4) is 0 Å². The van der Waals surface area contributed by atoms with Crippen molar-refractivity contribution in [3.05, 3.63) is 69.6 Å². The largest absolute Gasteiger partial charge is 0.368 e. The third-order valence-corrected chi connectivity index (χ3v) is 7.92. The lowest BCUT2D eigenvalue weighted by molar-refractivity contribution is 0.0893. The van der Waals surface area contributed by atoms with E-state index in [0.717, 1.165) is 61.3 Å². The summed E-state index contributed by atoms with van der Waals surface area (Å²) < 4.78 is 1.48. The van der Waals surface area contributed by atoms with Gasteiger partial charge in [-0.1, -0.05) is 12.1 Å². The van der Waals surface area contributed by atoms with Crippen LogP contribution in [0.1, 0.15) is 26.3 Å². The van der Waals surface area contributed by atoms with Crippen molar-refractivity contribution in [3.8, 4) is 0 Å². The average molecular weight is 513 g/mol. The number of rotatable bonds is 5. The number of hydrogen-bond donors (Lipinski definition) is 1. The summed E-state index contributed by atoms with van der Waals surface area (Å²) in [7, 11) is 5.86. The molecule has 2 aliphatic heterocycles. The van der Waals surface area contributed by atoms with Crippen LogP contribution in [0.25, 0.3) is 21.8 Å². The molecule has 4 aromatic rings. The molecule has 2 aliphatic rings. The van der Waals surface area contributed by atoms with E-state index in [9.17, 15) is 14.4 Å². The second kappa shape index (κ2) is 9.11. The highest BCUT2D eigenvalue weighted by Gasteiger charge is 2.36. The van der Waals surface area contributed by atoms with Crippen molar-refractivity contribution < 1.29 is 9.59 Å². The molecule has 9 nitrogen and oxygen atoms in total. The molecule has 0 aliphatic carbocycles. The van der Waals surface area contributed by atoms with Gasteiger partial charge in [-0.25, -0.2) is 9.69 Å². The van der Waals surface area contributed by atoms with Gasteiger partial charge in [-0.15, -0.1) is 0 Å². The van der Waals surface area contributed by atoms with Gasteiger partial charge in [0.25, 0.3) is 11.8 Å². The SMILES string of the molecule is Cc1cc2[nH]c(=O)n(C)c2cc1N1C(=O)c2cccc3c(N4CCN(CCN(C)C)CC4)ccc(c23)C1=O. The molecule has 3 heterocycles. The number of piperazine rings is 1. The lowest BCUT2D eigenvalue weighted by Crippen LogP contribution is -2.48. The first-order valence-electron chi connectivity index (χ1n) is 13.0. The summed E-state index contributed by atoms with van der Waals surface area (Å²) >= 11 is 0. The molecule has 9 heteroatoms. The first-order chi connectivity index (χ1) is 18.2. The van der Waals surface area contributed by atoms with Gasteiger partial charge in [-0.3, -0.25) is 19.1 Å². The van der Waals surface area contributed by atoms with Crippen molar-refractivity contribution in [2.75, 3.05) is 63.2 Å². The van der Waals surface area contributed by atoms with Gasteiger partial charge in [-0.05, 0) is 56.9 Å². The Morgan fingerprint density at radius 2 is 1.61 bits per heavy atom. The predicted molar refractivity (Wildman–Crippen MR) is 151 cm³/mol. The quantitative estimate of drug-likeness (QED) is 0.414. The van der Waals surface area contributed by atoms with E-state index >= 15 is 0 Å². The number of imide groups is 1. The van der Waals surface area contributed by atoms with Crippen LogP contribution in [0.4, 0.5) is 11.4 Å². The van der Waals surface area contributed by atoms with Gasteiger partial charge in [0.1, 0.15) is 0 Å². The predicted octanol–water partition coefficient (Wildman–Crippen LogP) is 2.81. The van der Waals surface area contributed by atoms with E-state index < -0.39 is 0 Å². The Labute approximate surface area is 220 Å². The highest BCUT2D eigenvalue weighted by atomic mass is 16.2. The number of fused-ring (bicyclic) bond motifs is 1. The Hall–Kier alpha value is -3.95. The zero-order valence-electron chi connectivity index (χ0n) is 22.2. The number of nitrogens with zero attached hydrogens (tertiary/aromatic N) is 5. The molecule has 0 saturated carbocycles. The number of anilines is 2. The summed E-state index contributed by atoms with van der Waals surface area (Å²) in [6.45, 7) is 7.68. The number of amides is 2. The van der Waals surface area contributed by atoms with Gasteiger partial charge in [0.05, 0.1) is 16.7 Å². The molecule has 196 valence electrons. The third-order valence-electron chi connectivity index (χ3n) is 7.92.